The highest BCUT2D eigenvalue weighted by molar-refractivity contribution is 7.99. The van der Waals surface area contributed by atoms with E-state index in [2.05, 4.69) is 24.1 Å². The maximum atomic E-state index is 12.2. The molecule has 25 heavy (non-hydrogen) atoms. The molecule has 0 atom stereocenters. The molecule has 1 aromatic carbocycles. The number of aromatic nitrogens is 2. The van der Waals surface area contributed by atoms with Crippen molar-refractivity contribution < 1.29 is 4.79 Å². The van der Waals surface area contributed by atoms with Gasteiger partial charge in [-0.1, -0.05) is 32.0 Å². The molecule has 0 spiro atoms. The van der Waals surface area contributed by atoms with Gasteiger partial charge in [-0.3, -0.25) is 14.0 Å². The minimum absolute atomic E-state index is 0.0491. The molecule has 1 amide bonds. The van der Waals surface area contributed by atoms with Crippen molar-refractivity contribution in [2.45, 2.75) is 25.5 Å². The molecule has 0 bridgehead atoms. The summed E-state index contributed by atoms with van der Waals surface area (Å²) >= 11 is 2.87. The maximum Gasteiger partial charge on any atom is 0.258 e. The number of benzene rings is 1. The first-order valence-electron chi connectivity index (χ1n) is 7.97. The number of thioether (sulfide) groups is 1. The zero-order valence-corrected chi connectivity index (χ0v) is 15.7. The predicted octanol–water partition coefficient (Wildman–Crippen LogP) is 3.75. The number of nitrogens with zero attached hydrogens (tertiary/aromatic N) is 2. The van der Waals surface area contributed by atoms with E-state index in [0.717, 1.165) is 11.3 Å². The molecule has 0 unspecified atom stereocenters. The topological polar surface area (TPSA) is 63.5 Å². The van der Waals surface area contributed by atoms with Crippen LogP contribution in [-0.2, 0) is 10.5 Å². The van der Waals surface area contributed by atoms with E-state index in [1.165, 1.54) is 33.6 Å². The van der Waals surface area contributed by atoms with Gasteiger partial charge in [-0.15, -0.1) is 23.1 Å². The Bertz CT molecular complexity index is 947. The predicted molar refractivity (Wildman–Crippen MR) is 105 cm³/mol. The van der Waals surface area contributed by atoms with Gasteiger partial charge in [-0.2, -0.15) is 0 Å². The number of rotatable bonds is 6. The van der Waals surface area contributed by atoms with E-state index in [-0.39, 0.29) is 11.5 Å². The maximum absolute atomic E-state index is 12.2. The minimum atomic E-state index is -0.0860. The highest BCUT2D eigenvalue weighted by Crippen LogP contribution is 2.24. The number of para-hydroxylation sites is 1. The molecule has 0 aliphatic carbocycles. The molecule has 2 aromatic heterocycles. The average Bonchev–Trinajstić information content (AvgIpc) is 3.04. The zero-order chi connectivity index (χ0) is 17.8. The summed E-state index contributed by atoms with van der Waals surface area (Å²) in [5.41, 5.74) is 2.60. The molecule has 0 saturated carbocycles. The quantitative estimate of drug-likeness (QED) is 0.715. The van der Waals surface area contributed by atoms with E-state index in [1.54, 1.807) is 6.20 Å². The summed E-state index contributed by atoms with van der Waals surface area (Å²) in [5.74, 6) is 1.15. The Kier molecular flexibility index (Phi) is 5.55. The Hall–Kier alpha value is -2.12. The van der Waals surface area contributed by atoms with Crippen LogP contribution in [0.15, 0.2) is 46.7 Å². The normalized spacial score (nSPS) is 11.2. The van der Waals surface area contributed by atoms with Crippen LogP contribution >= 0.6 is 23.1 Å². The van der Waals surface area contributed by atoms with Crippen molar-refractivity contribution >= 4 is 39.7 Å². The fraction of sp³-hybridized carbons (Fsp3) is 0.278. The van der Waals surface area contributed by atoms with Gasteiger partial charge in [0.1, 0.15) is 0 Å². The smallest absolute Gasteiger partial charge is 0.258 e. The van der Waals surface area contributed by atoms with Crippen LogP contribution in [0.25, 0.3) is 4.96 Å². The number of carbonyl (C=O) groups is 1. The van der Waals surface area contributed by atoms with Crippen molar-refractivity contribution in [3.63, 3.8) is 0 Å². The van der Waals surface area contributed by atoms with Crippen LogP contribution in [0.1, 0.15) is 31.0 Å². The molecule has 2 heterocycles. The summed E-state index contributed by atoms with van der Waals surface area (Å²) < 4.78 is 1.52. The van der Waals surface area contributed by atoms with E-state index in [0.29, 0.717) is 28.1 Å². The number of fused-ring (bicyclic) bond motifs is 1. The molecule has 3 rings (SSSR count). The number of hydrogen-bond donors (Lipinski definition) is 1. The van der Waals surface area contributed by atoms with Crippen molar-refractivity contribution in [2.75, 3.05) is 11.1 Å². The molecular weight excluding hydrogens is 354 g/mol. The molecule has 3 aromatic rings. The van der Waals surface area contributed by atoms with Gasteiger partial charge in [0.05, 0.1) is 11.4 Å². The van der Waals surface area contributed by atoms with Gasteiger partial charge in [-0.05, 0) is 17.5 Å². The van der Waals surface area contributed by atoms with E-state index in [1.807, 2.05) is 29.6 Å². The van der Waals surface area contributed by atoms with E-state index in [9.17, 15) is 9.59 Å². The van der Waals surface area contributed by atoms with Crippen LogP contribution in [0, 0.1) is 0 Å². The van der Waals surface area contributed by atoms with Crippen LogP contribution in [0.5, 0.6) is 0 Å². The molecule has 0 fully saturated rings. The van der Waals surface area contributed by atoms with Gasteiger partial charge in [0.15, 0.2) is 4.96 Å². The lowest BCUT2D eigenvalue weighted by Crippen LogP contribution is -2.16. The Morgan fingerprint density at radius 2 is 2.16 bits per heavy atom. The third-order valence-electron chi connectivity index (χ3n) is 3.70. The Labute approximate surface area is 154 Å². The van der Waals surface area contributed by atoms with Crippen molar-refractivity contribution in [3.05, 3.63) is 63.5 Å². The van der Waals surface area contributed by atoms with Gasteiger partial charge in [-0.25, -0.2) is 4.98 Å². The van der Waals surface area contributed by atoms with Gasteiger partial charge < -0.3 is 5.32 Å². The van der Waals surface area contributed by atoms with Crippen LogP contribution < -0.4 is 10.9 Å². The minimum Gasteiger partial charge on any atom is -0.325 e. The summed E-state index contributed by atoms with van der Waals surface area (Å²) in [4.78, 5) is 29.3. The van der Waals surface area contributed by atoms with Gasteiger partial charge in [0.2, 0.25) is 5.91 Å². The second-order valence-electron chi connectivity index (χ2n) is 5.92. The lowest BCUT2D eigenvalue weighted by Gasteiger charge is -2.13. The fourth-order valence-corrected chi connectivity index (χ4v) is 3.97. The summed E-state index contributed by atoms with van der Waals surface area (Å²) in [5, 5.41) is 4.80. The first-order chi connectivity index (χ1) is 12.0. The molecule has 0 aliphatic rings. The molecule has 0 aliphatic heterocycles. The van der Waals surface area contributed by atoms with Gasteiger partial charge in [0.25, 0.3) is 5.56 Å². The number of anilines is 1. The lowest BCUT2D eigenvalue weighted by atomic mass is 10.0. The number of amides is 1. The van der Waals surface area contributed by atoms with Crippen LogP contribution in [0.3, 0.4) is 0 Å². The van der Waals surface area contributed by atoms with Crippen LogP contribution in [0.4, 0.5) is 5.69 Å². The summed E-state index contributed by atoms with van der Waals surface area (Å²) in [6, 6.07) is 9.37. The third-order valence-corrected chi connectivity index (χ3v) is 5.42. The third kappa shape index (κ3) is 4.29. The first-order valence-corrected chi connectivity index (χ1v) is 10.0. The van der Waals surface area contributed by atoms with Gasteiger partial charge >= 0.3 is 0 Å². The Morgan fingerprint density at radius 3 is 2.96 bits per heavy atom. The van der Waals surface area contributed by atoms with E-state index >= 15 is 0 Å². The average molecular weight is 374 g/mol. The highest BCUT2D eigenvalue weighted by Gasteiger charge is 2.10. The van der Waals surface area contributed by atoms with Crippen molar-refractivity contribution in [3.8, 4) is 0 Å². The molecule has 5 nitrogen and oxygen atoms in total. The second kappa shape index (κ2) is 7.84. The van der Waals surface area contributed by atoms with Crippen LogP contribution in [0.2, 0.25) is 0 Å². The first kappa shape index (κ1) is 17.7. The van der Waals surface area contributed by atoms with Crippen molar-refractivity contribution in [1.29, 1.82) is 0 Å². The SMILES string of the molecule is CC(C)c1ccccc1NC(=O)CSCc1cc(=O)n2ccsc2n1. The summed E-state index contributed by atoms with van der Waals surface area (Å²) in [6.07, 6.45) is 1.71. The molecule has 130 valence electrons. The Balaban J connectivity index is 1.58. The van der Waals surface area contributed by atoms with Gasteiger partial charge in [0, 0.05) is 29.1 Å². The Morgan fingerprint density at radius 1 is 1.36 bits per heavy atom. The number of nitrogens with one attached hydrogen (secondary N) is 1. The molecule has 0 radical (unpaired) electrons. The highest BCUT2D eigenvalue weighted by atomic mass is 32.2. The summed E-state index contributed by atoms with van der Waals surface area (Å²) in [7, 11) is 0. The lowest BCUT2D eigenvalue weighted by molar-refractivity contribution is -0.113. The molecular formula is C18H19N3O2S2. The standard InChI is InChI=1S/C18H19N3O2S2/c1-12(2)14-5-3-4-6-15(14)20-16(22)11-24-10-13-9-17(23)21-7-8-25-18(21)19-13/h3-9,12H,10-11H2,1-2H3,(H,20,22). The van der Waals surface area contributed by atoms with Crippen LogP contribution in [-0.4, -0.2) is 21.0 Å². The van der Waals surface area contributed by atoms with Crippen molar-refractivity contribution in [1.82, 2.24) is 9.38 Å². The molecule has 7 heteroatoms. The molecule has 0 saturated heterocycles. The number of hydrogen-bond acceptors (Lipinski definition) is 5. The molecule has 1 N–H and O–H groups in total. The number of carbonyl (C=O) groups excluding carboxylic acids is 1. The van der Waals surface area contributed by atoms with Crippen molar-refractivity contribution in [2.24, 2.45) is 0 Å². The second-order valence-corrected chi connectivity index (χ2v) is 7.78. The fourth-order valence-electron chi connectivity index (χ4n) is 2.51. The zero-order valence-electron chi connectivity index (χ0n) is 14.1. The van der Waals surface area contributed by atoms with E-state index in [4.69, 9.17) is 0 Å². The van der Waals surface area contributed by atoms with E-state index < -0.39 is 0 Å². The largest absolute Gasteiger partial charge is 0.325 e. The number of thiazole rings is 1. The summed E-state index contributed by atoms with van der Waals surface area (Å²) in [6.45, 7) is 4.20. The monoisotopic (exact) mass is 373 g/mol.